The highest BCUT2D eigenvalue weighted by Crippen LogP contribution is 2.23. The number of para-hydroxylation sites is 1. The van der Waals surface area contributed by atoms with Crippen molar-refractivity contribution in [3.8, 4) is 5.75 Å². The molecular weight excluding hydrogens is 236 g/mol. The van der Waals surface area contributed by atoms with E-state index < -0.39 is 0 Å². The summed E-state index contributed by atoms with van der Waals surface area (Å²) in [6.07, 6.45) is 5.56. The molecule has 1 fully saturated rings. The number of aromatic nitrogens is 1. The number of rotatable bonds is 4. The van der Waals surface area contributed by atoms with E-state index in [1.807, 2.05) is 24.4 Å². The van der Waals surface area contributed by atoms with E-state index in [2.05, 4.69) is 22.4 Å². The number of hydrogen-bond acceptors (Lipinski definition) is 3. The Bertz CT molecular complexity index is 530. The Morgan fingerprint density at radius 1 is 1.26 bits per heavy atom. The lowest BCUT2D eigenvalue weighted by Gasteiger charge is -2.22. The van der Waals surface area contributed by atoms with Gasteiger partial charge in [0, 0.05) is 11.6 Å². The first-order valence-corrected chi connectivity index (χ1v) is 7.11. The summed E-state index contributed by atoms with van der Waals surface area (Å²) in [6, 6.07) is 10.1. The van der Waals surface area contributed by atoms with E-state index in [4.69, 9.17) is 4.74 Å². The van der Waals surface area contributed by atoms with Gasteiger partial charge in [0.25, 0.3) is 0 Å². The minimum absolute atomic E-state index is 0.761. The fourth-order valence-electron chi connectivity index (χ4n) is 2.70. The average Bonchev–Trinajstić information content (AvgIpc) is 2.49. The zero-order valence-electron chi connectivity index (χ0n) is 11.1. The van der Waals surface area contributed by atoms with E-state index >= 15 is 0 Å². The summed E-state index contributed by atoms with van der Waals surface area (Å²) in [5, 5.41) is 4.58. The summed E-state index contributed by atoms with van der Waals surface area (Å²) in [7, 11) is 0. The summed E-state index contributed by atoms with van der Waals surface area (Å²) in [5.74, 6) is 1.67. The van der Waals surface area contributed by atoms with Crippen LogP contribution in [0, 0.1) is 5.92 Å². The van der Waals surface area contributed by atoms with Crippen molar-refractivity contribution < 1.29 is 4.74 Å². The summed E-state index contributed by atoms with van der Waals surface area (Å²) in [4.78, 5) is 4.41. The molecule has 1 aromatic carbocycles. The average molecular weight is 256 g/mol. The Kier molecular flexibility index (Phi) is 3.94. The number of pyridine rings is 1. The van der Waals surface area contributed by atoms with Gasteiger partial charge in [-0.15, -0.1) is 0 Å². The smallest absolute Gasteiger partial charge is 0.145 e. The maximum Gasteiger partial charge on any atom is 0.145 e. The van der Waals surface area contributed by atoms with Gasteiger partial charge in [-0.05, 0) is 50.4 Å². The molecule has 100 valence electrons. The minimum atomic E-state index is 0.761. The van der Waals surface area contributed by atoms with E-state index in [9.17, 15) is 0 Å². The summed E-state index contributed by atoms with van der Waals surface area (Å²) >= 11 is 0. The largest absolute Gasteiger partial charge is 0.491 e. The van der Waals surface area contributed by atoms with Crippen LogP contribution in [0.4, 0.5) is 0 Å². The van der Waals surface area contributed by atoms with Crippen LogP contribution in [-0.2, 0) is 0 Å². The predicted octanol–water partition coefficient (Wildman–Crippen LogP) is 3.00. The van der Waals surface area contributed by atoms with Crippen molar-refractivity contribution >= 4 is 10.9 Å². The van der Waals surface area contributed by atoms with Crippen molar-refractivity contribution in [3.05, 3.63) is 36.5 Å². The molecule has 0 bridgehead atoms. The SMILES string of the molecule is c1cnc2c(OCC[C@H]3CCCNC3)cccc2c1. The maximum atomic E-state index is 5.93. The number of piperidine rings is 1. The maximum absolute atomic E-state index is 5.93. The third kappa shape index (κ3) is 3.04. The highest BCUT2D eigenvalue weighted by Gasteiger charge is 2.13. The normalized spacial score (nSPS) is 19.5. The van der Waals surface area contributed by atoms with Gasteiger partial charge in [-0.3, -0.25) is 4.98 Å². The molecule has 3 heteroatoms. The fourth-order valence-corrected chi connectivity index (χ4v) is 2.70. The number of hydrogen-bond donors (Lipinski definition) is 1. The fraction of sp³-hybridized carbons (Fsp3) is 0.438. The molecule has 0 radical (unpaired) electrons. The molecule has 3 nitrogen and oxygen atoms in total. The van der Waals surface area contributed by atoms with Crippen molar-refractivity contribution in [3.63, 3.8) is 0 Å². The van der Waals surface area contributed by atoms with E-state index in [0.29, 0.717) is 0 Å². The molecule has 2 aromatic rings. The zero-order chi connectivity index (χ0) is 12.9. The molecule has 0 saturated carbocycles. The Morgan fingerprint density at radius 3 is 3.11 bits per heavy atom. The molecule has 0 amide bonds. The highest BCUT2D eigenvalue weighted by atomic mass is 16.5. The lowest BCUT2D eigenvalue weighted by molar-refractivity contribution is 0.256. The van der Waals surface area contributed by atoms with Gasteiger partial charge < -0.3 is 10.1 Å². The molecule has 1 aliphatic rings. The van der Waals surface area contributed by atoms with Gasteiger partial charge in [0.15, 0.2) is 0 Å². The van der Waals surface area contributed by atoms with Gasteiger partial charge in [0.2, 0.25) is 0 Å². The van der Waals surface area contributed by atoms with Crippen molar-refractivity contribution in [1.82, 2.24) is 10.3 Å². The highest BCUT2D eigenvalue weighted by molar-refractivity contribution is 5.84. The summed E-state index contributed by atoms with van der Waals surface area (Å²) < 4.78 is 5.93. The van der Waals surface area contributed by atoms with Crippen molar-refractivity contribution in [2.75, 3.05) is 19.7 Å². The predicted molar refractivity (Wildman–Crippen MR) is 77.4 cm³/mol. The first-order valence-electron chi connectivity index (χ1n) is 7.11. The lowest BCUT2D eigenvalue weighted by Crippen LogP contribution is -2.30. The molecule has 0 unspecified atom stereocenters. The van der Waals surface area contributed by atoms with Crippen molar-refractivity contribution in [2.24, 2.45) is 5.92 Å². The van der Waals surface area contributed by atoms with Crippen LogP contribution in [0.2, 0.25) is 0 Å². The lowest BCUT2D eigenvalue weighted by atomic mass is 9.97. The van der Waals surface area contributed by atoms with Crippen LogP contribution in [0.3, 0.4) is 0 Å². The first-order chi connectivity index (χ1) is 9.43. The van der Waals surface area contributed by atoms with Gasteiger partial charge in [-0.25, -0.2) is 0 Å². The summed E-state index contributed by atoms with van der Waals surface area (Å²) in [6.45, 7) is 3.09. The molecule has 1 atom stereocenters. The molecule has 1 N–H and O–H groups in total. The molecule has 2 heterocycles. The topological polar surface area (TPSA) is 34.1 Å². The number of nitrogens with zero attached hydrogens (tertiary/aromatic N) is 1. The second-order valence-corrected chi connectivity index (χ2v) is 5.18. The molecule has 1 aliphatic heterocycles. The Hall–Kier alpha value is -1.61. The number of benzene rings is 1. The standard InChI is InChI=1S/C16H20N2O/c1-5-14-6-3-10-18-16(14)15(7-1)19-11-8-13-4-2-9-17-12-13/h1,3,5-7,10,13,17H,2,4,8-9,11-12H2/t13-/m1/s1. The Labute approximate surface area is 114 Å². The van der Waals surface area contributed by atoms with Crippen LogP contribution >= 0.6 is 0 Å². The molecule has 3 rings (SSSR count). The van der Waals surface area contributed by atoms with Crippen molar-refractivity contribution in [2.45, 2.75) is 19.3 Å². The third-order valence-corrected chi connectivity index (χ3v) is 3.78. The van der Waals surface area contributed by atoms with Crippen LogP contribution in [0.5, 0.6) is 5.75 Å². The van der Waals surface area contributed by atoms with E-state index in [0.717, 1.165) is 42.1 Å². The van der Waals surface area contributed by atoms with Gasteiger partial charge in [0.05, 0.1) is 6.61 Å². The van der Waals surface area contributed by atoms with Crippen LogP contribution in [0.15, 0.2) is 36.5 Å². The molecule has 0 aliphatic carbocycles. The summed E-state index contributed by atoms with van der Waals surface area (Å²) in [5.41, 5.74) is 0.965. The zero-order valence-corrected chi connectivity index (χ0v) is 11.1. The molecule has 1 saturated heterocycles. The molecule has 1 aromatic heterocycles. The first kappa shape index (κ1) is 12.4. The second-order valence-electron chi connectivity index (χ2n) is 5.18. The van der Waals surface area contributed by atoms with Crippen LogP contribution in [-0.4, -0.2) is 24.7 Å². The quantitative estimate of drug-likeness (QED) is 0.913. The monoisotopic (exact) mass is 256 g/mol. The minimum Gasteiger partial charge on any atom is -0.491 e. The van der Waals surface area contributed by atoms with E-state index in [-0.39, 0.29) is 0 Å². The Balaban J connectivity index is 1.62. The van der Waals surface area contributed by atoms with Crippen molar-refractivity contribution in [1.29, 1.82) is 0 Å². The van der Waals surface area contributed by atoms with E-state index in [1.165, 1.54) is 19.4 Å². The number of ether oxygens (including phenoxy) is 1. The van der Waals surface area contributed by atoms with Crippen LogP contribution in [0.1, 0.15) is 19.3 Å². The van der Waals surface area contributed by atoms with E-state index in [1.54, 1.807) is 0 Å². The van der Waals surface area contributed by atoms with Gasteiger partial charge in [-0.2, -0.15) is 0 Å². The van der Waals surface area contributed by atoms with Gasteiger partial charge in [-0.1, -0.05) is 18.2 Å². The van der Waals surface area contributed by atoms with Crippen LogP contribution < -0.4 is 10.1 Å². The number of nitrogens with one attached hydrogen (secondary N) is 1. The number of fused-ring (bicyclic) bond motifs is 1. The Morgan fingerprint density at radius 2 is 2.21 bits per heavy atom. The van der Waals surface area contributed by atoms with Gasteiger partial charge >= 0.3 is 0 Å². The van der Waals surface area contributed by atoms with Gasteiger partial charge in [0.1, 0.15) is 11.3 Å². The molecular formula is C16H20N2O. The second kappa shape index (κ2) is 6.02. The third-order valence-electron chi connectivity index (χ3n) is 3.78. The van der Waals surface area contributed by atoms with Crippen LogP contribution in [0.25, 0.3) is 10.9 Å². The molecule has 19 heavy (non-hydrogen) atoms. The molecule has 0 spiro atoms.